The van der Waals surface area contributed by atoms with E-state index in [0.29, 0.717) is 10.6 Å². The summed E-state index contributed by atoms with van der Waals surface area (Å²) in [6.07, 6.45) is 3.22. The van der Waals surface area contributed by atoms with Crippen molar-refractivity contribution in [2.24, 2.45) is 0 Å². The number of carboxylic acids is 1. The molecule has 3 aromatic rings. The zero-order chi connectivity index (χ0) is 18.0. The molecule has 0 bridgehead atoms. The third-order valence-corrected chi connectivity index (χ3v) is 5.41. The van der Waals surface area contributed by atoms with E-state index in [9.17, 15) is 18.7 Å². The number of pyridine rings is 1. The predicted octanol–water partition coefficient (Wildman–Crippen LogP) is 3.75. The second-order valence-corrected chi connectivity index (χ2v) is 7.02. The molecule has 128 valence electrons. The molecule has 0 saturated heterocycles. The number of aromatic carboxylic acids is 1. The van der Waals surface area contributed by atoms with Crippen LogP contribution in [-0.4, -0.2) is 24.8 Å². The summed E-state index contributed by atoms with van der Waals surface area (Å²) in [6, 6.07) is 12.0. The van der Waals surface area contributed by atoms with Gasteiger partial charge in [0.2, 0.25) is 0 Å². The molecule has 1 aromatic carbocycles. The first-order valence-electron chi connectivity index (χ1n) is 7.21. The molecule has 3 rings (SSSR count). The summed E-state index contributed by atoms with van der Waals surface area (Å²) in [5.41, 5.74) is 1.97. The van der Waals surface area contributed by atoms with E-state index in [-0.39, 0.29) is 10.6 Å². The summed E-state index contributed by atoms with van der Waals surface area (Å²) >= 11 is -1.66. The lowest BCUT2D eigenvalue weighted by Gasteiger charge is -2.27. The van der Waals surface area contributed by atoms with Gasteiger partial charge < -0.3 is 9.66 Å². The molecular formula is C17H13N2O4S2-. The van der Waals surface area contributed by atoms with Crippen LogP contribution in [0.15, 0.2) is 54.9 Å². The van der Waals surface area contributed by atoms with Crippen molar-refractivity contribution in [2.45, 2.75) is 6.92 Å². The number of aromatic nitrogens is 1. The highest BCUT2D eigenvalue weighted by molar-refractivity contribution is 7.81. The molecule has 0 amide bonds. The fourth-order valence-corrected chi connectivity index (χ4v) is 4.12. The first kappa shape index (κ1) is 17.3. The van der Waals surface area contributed by atoms with Crippen LogP contribution in [0, 0.1) is 6.92 Å². The predicted molar refractivity (Wildman–Crippen MR) is 96.7 cm³/mol. The Kier molecular flexibility index (Phi) is 4.93. The Bertz CT molecular complexity index is 941. The van der Waals surface area contributed by atoms with E-state index >= 15 is 0 Å². The lowest BCUT2D eigenvalue weighted by Crippen LogP contribution is -2.21. The molecule has 1 N–H and O–H groups in total. The van der Waals surface area contributed by atoms with E-state index in [2.05, 4.69) is 4.98 Å². The van der Waals surface area contributed by atoms with Gasteiger partial charge in [-0.05, 0) is 30.7 Å². The zero-order valence-corrected chi connectivity index (χ0v) is 14.7. The minimum Gasteiger partial charge on any atom is -0.755 e. The molecule has 0 aliphatic carbocycles. The van der Waals surface area contributed by atoms with Gasteiger partial charge in [0, 0.05) is 22.8 Å². The number of aryl methyl sites for hydroxylation is 1. The van der Waals surface area contributed by atoms with Crippen LogP contribution in [-0.2, 0) is 11.3 Å². The third-order valence-electron chi connectivity index (χ3n) is 3.55. The smallest absolute Gasteiger partial charge is 0.348 e. The van der Waals surface area contributed by atoms with Crippen LogP contribution in [0.3, 0.4) is 0 Å². The first-order valence-corrected chi connectivity index (χ1v) is 9.06. The normalized spacial score (nSPS) is 11.9. The highest BCUT2D eigenvalue weighted by atomic mass is 32.2. The van der Waals surface area contributed by atoms with Crippen molar-refractivity contribution in [3.05, 3.63) is 65.3 Å². The second-order valence-electron chi connectivity index (χ2n) is 5.17. The number of hydrogen-bond acceptors (Lipinski definition) is 5. The molecule has 1 atom stereocenters. The highest BCUT2D eigenvalue weighted by Gasteiger charge is 2.24. The maximum atomic E-state index is 11.9. The summed E-state index contributed by atoms with van der Waals surface area (Å²) in [5.74, 6) is -1.18. The molecule has 0 spiro atoms. The fourth-order valence-electron chi connectivity index (χ4n) is 2.42. The molecule has 8 heteroatoms. The maximum absolute atomic E-state index is 11.9. The van der Waals surface area contributed by atoms with E-state index in [0.717, 1.165) is 26.8 Å². The molecule has 6 nitrogen and oxygen atoms in total. The van der Waals surface area contributed by atoms with E-state index in [1.54, 1.807) is 61.8 Å². The topological polar surface area (TPSA) is 93.6 Å². The average Bonchev–Trinajstić information content (AvgIpc) is 3.02. The Morgan fingerprint density at radius 2 is 2.00 bits per heavy atom. The number of nitrogens with zero attached hydrogens (tertiary/aromatic N) is 2. The highest BCUT2D eigenvalue weighted by Crippen LogP contribution is 2.40. The molecule has 25 heavy (non-hydrogen) atoms. The van der Waals surface area contributed by atoms with Crippen LogP contribution < -0.4 is 4.31 Å². The van der Waals surface area contributed by atoms with Gasteiger partial charge in [0.1, 0.15) is 4.88 Å². The minimum absolute atomic E-state index is 0.0497. The van der Waals surface area contributed by atoms with Crippen LogP contribution in [0.5, 0.6) is 0 Å². The van der Waals surface area contributed by atoms with Crippen molar-refractivity contribution in [3.63, 3.8) is 0 Å². The number of thiophene rings is 1. The van der Waals surface area contributed by atoms with Crippen LogP contribution in [0.1, 0.15) is 15.2 Å². The Labute approximate surface area is 150 Å². The Balaban J connectivity index is 2.20. The van der Waals surface area contributed by atoms with E-state index in [4.69, 9.17) is 0 Å². The van der Waals surface area contributed by atoms with Crippen molar-refractivity contribution in [2.75, 3.05) is 4.31 Å². The first-order chi connectivity index (χ1) is 12.0. The lowest BCUT2D eigenvalue weighted by molar-refractivity contribution is 0.0703. The van der Waals surface area contributed by atoms with Gasteiger partial charge in [0.05, 0.1) is 22.6 Å². The SMILES string of the molecule is Cc1ccccc1N(c1cc(-c2cccnc2)sc1C(=O)O)S(=O)[O-]. The van der Waals surface area contributed by atoms with Gasteiger partial charge >= 0.3 is 5.97 Å². The Hall–Kier alpha value is -2.55. The summed E-state index contributed by atoms with van der Waals surface area (Å²) in [5, 5.41) is 9.54. The molecule has 1 unspecified atom stereocenters. The number of benzene rings is 1. The van der Waals surface area contributed by atoms with E-state index in [1.807, 2.05) is 0 Å². The van der Waals surface area contributed by atoms with Gasteiger partial charge in [-0.1, -0.05) is 24.3 Å². The quantitative estimate of drug-likeness (QED) is 0.688. The molecule has 2 aromatic heterocycles. The number of para-hydroxylation sites is 1. The monoisotopic (exact) mass is 373 g/mol. The summed E-state index contributed by atoms with van der Waals surface area (Å²) in [6.45, 7) is 1.77. The maximum Gasteiger partial charge on any atom is 0.348 e. The fraction of sp³-hybridized carbons (Fsp3) is 0.0588. The molecule has 0 aliphatic rings. The molecule has 0 radical (unpaired) electrons. The summed E-state index contributed by atoms with van der Waals surface area (Å²) in [4.78, 5) is 16.3. The van der Waals surface area contributed by atoms with E-state index in [1.165, 1.54) is 0 Å². The standard InChI is InChI=1S/C17H14N2O4S2/c1-11-5-2-3-7-13(11)19(25(22)23)14-9-15(24-16(14)17(20)21)12-6-4-8-18-10-12/h2-10H,1H3,(H,20,21)(H,22,23)/p-1. The number of carbonyl (C=O) groups is 1. The van der Waals surface area contributed by atoms with Crippen LogP contribution >= 0.6 is 11.3 Å². The van der Waals surface area contributed by atoms with Crippen LogP contribution in [0.25, 0.3) is 10.4 Å². The summed E-state index contributed by atoms with van der Waals surface area (Å²) < 4.78 is 24.8. The molecule has 0 fully saturated rings. The van der Waals surface area contributed by atoms with Gasteiger partial charge in [0.15, 0.2) is 0 Å². The van der Waals surface area contributed by atoms with Crippen molar-refractivity contribution in [1.29, 1.82) is 0 Å². The van der Waals surface area contributed by atoms with Gasteiger partial charge in [-0.15, -0.1) is 11.3 Å². The van der Waals surface area contributed by atoms with Crippen molar-refractivity contribution in [1.82, 2.24) is 4.98 Å². The van der Waals surface area contributed by atoms with Crippen molar-refractivity contribution in [3.8, 4) is 10.4 Å². The molecule has 0 aliphatic heterocycles. The number of anilines is 2. The second kappa shape index (κ2) is 7.14. The number of rotatable bonds is 5. The zero-order valence-electron chi connectivity index (χ0n) is 13.1. The van der Waals surface area contributed by atoms with Crippen LogP contribution in [0.2, 0.25) is 0 Å². The van der Waals surface area contributed by atoms with Crippen LogP contribution in [0.4, 0.5) is 11.4 Å². The minimum atomic E-state index is -2.67. The lowest BCUT2D eigenvalue weighted by atomic mass is 10.2. The Morgan fingerprint density at radius 1 is 1.24 bits per heavy atom. The van der Waals surface area contributed by atoms with Gasteiger partial charge in [-0.3, -0.25) is 13.5 Å². The summed E-state index contributed by atoms with van der Waals surface area (Å²) in [7, 11) is 0. The van der Waals surface area contributed by atoms with E-state index < -0.39 is 17.2 Å². The molecular weight excluding hydrogens is 360 g/mol. The van der Waals surface area contributed by atoms with Gasteiger partial charge in [0.25, 0.3) is 0 Å². The van der Waals surface area contributed by atoms with Gasteiger partial charge in [-0.25, -0.2) is 4.79 Å². The van der Waals surface area contributed by atoms with Crippen molar-refractivity contribution < 1.29 is 18.7 Å². The van der Waals surface area contributed by atoms with Crippen molar-refractivity contribution >= 4 is 39.9 Å². The number of hydrogen-bond donors (Lipinski definition) is 1. The third kappa shape index (κ3) is 3.46. The largest absolute Gasteiger partial charge is 0.755 e. The molecule has 2 heterocycles. The number of carboxylic acid groups (broad SMARTS) is 1. The average molecular weight is 373 g/mol. The molecule has 0 saturated carbocycles. The Morgan fingerprint density at radius 3 is 2.60 bits per heavy atom. The van der Waals surface area contributed by atoms with Gasteiger partial charge in [-0.2, -0.15) is 0 Å².